The zero-order valence-corrected chi connectivity index (χ0v) is 13.0. The minimum atomic E-state index is 0.223. The van der Waals surface area contributed by atoms with Crippen LogP contribution >= 0.6 is 0 Å². The van der Waals surface area contributed by atoms with Gasteiger partial charge in [-0.15, -0.1) is 0 Å². The van der Waals surface area contributed by atoms with Crippen LogP contribution < -0.4 is 10.5 Å². The van der Waals surface area contributed by atoms with Gasteiger partial charge in [-0.25, -0.2) is 4.98 Å². The number of nitrogens with two attached hydrogens (primary N) is 1. The van der Waals surface area contributed by atoms with E-state index >= 15 is 0 Å². The number of fused-ring (bicyclic) bond motifs is 1. The minimum Gasteiger partial charge on any atom is -0.496 e. The average molecular weight is 321 g/mol. The molecule has 7 heteroatoms. The standard InChI is InChI=1S/C17H15N5O2/c1-23-15-8-10(4-5-11(15)14-3-2-6-24-14)7-13-12-9-19-22-16(12)21-17(18)20-13/h2-6,8-9H,7H2,1H3,(H3,18,19,20,21,22). The van der Waals surface area contributed by atoms with Crippen LogP contribution in [0, 0.1) is 0 Å². The summed E-state index contributed by atoms with van der Waals surface area (Å²) in [6.45, 7) is 0. The van der Waals surface area contributed by atoms with E-state index in [2.05, 4.69) is 20.2 Å². The second kappa shape index (κ2) is 5.69. The molecule has 7 nitrogen and oxygen atoms in total. The highest BCUT2D eigenvalue weighted by Gasteiger charge is 2.12. The monoisotopic (exact) mass is 321 g/mol. The molecule has 0 saturated heterocycles. The van der Waals surface area contributed by atoms with Crippen molar-refractivity contribution in [3.8, 4) is 17.1 Å². The van der Waals surface area contributed by atoms with Gasteiger partial charge in [0.05, 0.1) is 36.2 Å². The van der Waals surface area contributed by atoms with Gasteiger partial charge in [-0.2, -0.15) is 10.1 Å². The van der Waals surface area contributed by atoms with Gasteiger partial charge in [0.2, 0.25) is 5.95 Å². The highest BCUT2D eigenvalue weighted by atomic mass is 16.5. The Bertz CT molecular complexity index is 992. The summed E-state index contributed by atoms with van der Waals surface area (Å²) in [4.78, 5) is 8.48. The summed E-state index contributed by atoms with van der Waals surface area (Å²) in [6, 6.07) is 9.72. The van der Waals surface area contributed by atoms with Gasteiger partial charge in [0.15, 0.2) is 5.65 Å². The largest absolute Gasteiger partial charge is 0.496 e. The third kappa shape index (κ3) is 2.45. The molecule has 0 bridgehead atoms. The Kier molecular flexibility index (Phi) is 3.38. The van der Waals surface area contributed by atoms with Crippen molar-refractivity contribution in [3.05, 3.63) is 54.0 Å². The summed E-state index contributed by atoms with van der Waals surface area (Å²) in [6.07, 6.45) is 3.94. The average Bonchev–Trinajstić information content (AvgIpc) is 3.25. The normalized spacial score (nSPS) is 11.0. The molecule has 0 unspecified atom stereocenters. The molecule has 1 aromatic carbocycles. The fourth-order valence-corrected chi connectivity index (χ4v) is 2.72. The first-order valence-corrected chi connectivity index (χ1v) is 7.41. The van der Waals surface area contributed by atoms with Crippen LogP contribution in [-0.4, -0.2) is 27.3 Å². The van der Waals surface area contributed by atoms with Crippen LogP contribution in [0.2, 0.25) is 0 Å². The first kappa shape index (κ1) is 14.3. The van der Waals surface area contributed by atoms with E-state index < -0.39 is 0 Å². The Balaban J connectivity index is 1.73. The predicted molar refractivity (Wildman–Crippen MR) is 89.6 cm³/mol. The molecule has 0 aliphatic rings. The molecule has 4 rings (SSSR count). The van der Waals surface area contributed by atoms with Crippen molar-refractivity contribution < 1.29 is 9.15 Å². The smallest absolute Gasteiger partial charge is 0.222 e. The second-order valence-corrected chi connectivity index (χ2v) is 5.35. The molecule has 0 radical (unpaired) electrons. The number of aromatic amines is 1. The lowest BCUT2D eigenvalue weighted by Gasteiger charge is -2.09. The summed E-state index contributed by atoms with van der Waals surface area (Å²) in [5, 5.41) is 7.68. The number of aromatic nitrogens is 4. The van der Waals surface area contributed by atoms with Crippen LogP contribution in [-0.2, 0) is 6.42 Å². The molecule has 0 saturated carbocycles. The van der Waals surface area contributed by atoms with E-state index in [-0.39, 0.29) is 5.95 Å². The number of ether oxygens (including phenoxy) is 1. The van der Waals surface area contributed by atoms with E-state index in [4.69, 9.17) is 14.9 Å². The lowest BCUT2D eigenvalue weighted by molar-refractivity contribution is 0.414. The zero-order chi connectivity index (χ0) is 16.5. The molecule has 120 valence electrons. The van der Waals surface area contributed by atoms with Crippen LogP contribution in [0.1, 0.15) is 11.3 Å². The van der Waals surface area contributed by atoms with E-state index in [0.717, 1.165) is 33.7 Å². The van der Waals surface area contributed by atoms with Crippen molar-refractivity contribution in [1.29, 1.82) is 0 Å². The molecule has 0 aliphatic heterocycles. The van der Waals surface area contributed by atoms with Gasteiger partial charge < -0.3 is 14.9 Å². The number of rotatable bonds is 4. The van der Waals surface area contributed by atoms with Crippen LogP contribution in [0.25, 0.3) is 22.4 Å². The van der Waals surface area contributed by atoms with Gasteiger partial charge in [0, 0.05) is 6.42 Å². The Labute approximate surface area is 137 Å². The van der Waals surface area contributed by atoms with E-state index in [1.807, 2.05) is 30.3 Å². The zero-order valence-electron chi connectivity index (χ0n) is 13.0. The summed E-state index contributed by atoms with van der Waals surface area (Å²) in [5.41, 5.74) is 9.18. The molecular formula is C17H15N5O2. The van der Waals surface area contributed by atoms with Crippen LogP contribution in [0.5, 0.6) is 5.75 Å². The summed E-state index contributed by atoms with van der Waals surface area (Å²) in [7, 11) is 1.64. The number of nitrogens with one attached hydrogen (secondary N) is 1. The number of hydrogen-bond acceptors (Lipinski definition) is 6. The number of benzene rings is 1. The number of hydrogen-bond donors (Lipinski definition) is 2. The van der Waals surface area contributed by atoms with Crippen molar-refractivity contribution >= 4 is 17.0 Å². The Morgan fingerprint density at radius 1 is 1.25 bits per heavy atom. The van der Waals surface area contributed by atoms with Gasteiger partial charge in [-0.3, -0.25) is 5.10 Å². The van der Waals surface area contributed by atoms with Crippen molar-refractivity contribution in [3.63, 3.8) is 0 Å². The van der Waals surface area contributed by atoms with Gasteiger partial charge in [-0.05, 0) is 29.8 Å². The third-order valence-electron chi connectivity index (χ3n) is 3.83. The maximum absolute atomic E-state index is 5.77. The van der Waals surface area contributed by atoms with Gasteiger partial charge in [0.1, 0.15) is 11.5 Å². The fraction of sp³-hybridized carbons (Fsp3) is 0.118. The quantitative estimate of drug-likeness (QED) is 0.599. The lowest BCUT2D eigenvalue weighted by Crippen LogP contribution is -2.01. The Morgan fingerprint density at radius 3 is 2.96 bits per heavy atom. The van der Waals surface area contributed by atoms with Crippen LogP contribution in [0.3, 0.4) is 0 Å². The minimum absolute atomic E-state index is 0.223. The molecule has 3 heterocycles. The number of methoxy groups -OCH3 is 1. The molecule has 3 aromatic heterocycles. The van der Waals surface area contributed by atoms with Crippen LogP contribution in [0.15, 0.2) is 47.2 Å². The molecule has 0 spiro atoms. The molecule has 0 amide bonds. The number of nitrogen functional groups attached to an aromatic ring is 1. The number of furan rings is 1. The number of anilines is 1. The maximum atomic E-state index is 5.77. The maximum Gasteiger partial charge on any atom is 0.222 e. The molecule has 0 fully saturated rings. The first-order valence-electron chi connectivity index (χ1n) is 7.41. The van der Waals surface area contributed by atoms with E-state index in [1.165, 1.54) is 0 Å². The Hall–Kier alpha value is -3.35. The molecule has 0 aliphatic carbocycles. The summed E-state index contributed by atoms with van der Waals surface area (Å²) >= 11 is 0. The highest BCUT2D eigenvalue weighted by molar-refractivity contribution is 5.78. The predicted octanol–water partition coefficient (Wildman–Crippen LogP) is 2.79. The van der Waals surface area contributed by atoms with Crippen molar-refractivity contribution in [2.75, 3.05) is 12.8 Å². The molecule has 24 heavy (non-hydrogen) atoms. The van der Waals surface area contributed by atoms with E-state index in [1.54, 1.807) is 19.6 Å². The molecule has 0 atom stereocenters. The topological polar surface area (TPSA) is 103 Å². The van der Waals surface area contributed by atoms with Crippen LogP contribution in [0.4, 0.5) is 5.95 Å². The molecule has 3 N–H and O–H groups in total. The Morgan fingerprint density at radius 2 is 2.17 bits per heavy atom. The van der Waals surface area contributed by atoms with Gasteiger partial charge in [0.25, 0.3) is 0 Å². The summed E-state index contributed by atoms with van der Waals surface area (Å²) < 4.78 is 11.0. The van der Waals surface area contributed by atoms with Crippen molar-refractivity contribution in [2.45, 2.75) is 6.42 Å². The summed E-state index contributed by atoms with van der Waals surface area (Å²) in [5.74, 6) is 1.73. The first-order chi connectivity index (χ1) is 11.7. The number of H-pyrrole nitrogens is 1. The number of nitrogens with zero attached hydrogens (tertiary/aromatic N) is 3. The molecular weight excluding hydrogens is 306 g/mol. The van der Waals surface area contributed by atoms with Gasteiger partial charge >= 0.3 is 0 Å². The van der Waals surface area contributed by atoms with Crippen molar-refractivity contribution in [2.24, 2.45) is 0 Å². The lowest BCUT2D eigenvalue weighted by atomic mass is 10.0. The van der Waals surface area contributed by atoms with E-state index in [9.17, 15) is 0 Å². The van der Waals surface area contributed by atoms with Gasteiger partial charge in [-0.1, -0.05) is 6.07 Å². The van der Waals surface area contributed by atoms with Crippen molar-refractivity contribution in [1.82, 2.24) is 20.2 Å². The fourth-order valence-electron chi connectivity index (χ4n) is 2.72. The SMILES string of the molecule is COc1cc(Cc2nc(N)nc3[nH]ncc23)ccc1-c1ccco1. The molecule has 4 aromatic rings. The third-order valence-corrected chi connectivity index (χ3v) is 3.83. The second-order valence-electron chi connectivity index (χ2n) is 5.35. The van der Waals surface area contributed by atoms with E-state index in [0.29, 0.717) is 12.1 Å². The highest BCUT2D eigenvalue weighted by Crippen LogP contribution is 2.32.